The van der Waals surface area contributed by atoms with E-state index in [0.29, 0.717) is 28.6 Å². The molecule has 0 aromatic heterocycles. The molecule has 146 valence electrons. The number of carbonyl (C=O) groups excluding carboxylic acids is 2. The molecular formula is C21H21Cl2N3O2. The van der Waals surface area contributed by atoms with Crippen molar-refractivity contribution in [1.82, 2.24) is 15.1 Å². The van der Waals surface area contributed by atoms with Gasteiger partial charge in [0.15, 0.2) is 0 Å². The molecule has 2 saturated heterocycles. The van der Waals surface area contributed by atoms with Crippen LogP contribution >= 0.6 is 23.2 Å². The molecule has 2 heterocycles. The van der Waals surface area contributed by atoms with Crippen molar-refractivity contribution in [3.63, 3.8) is 0 Å². The van der Waals surface area contributed by atoms with Gasteiger partial charge in [-0.15, -0.1) is 0 Å². The Morgan fingerprint density at radius 3 is 2.39 bits per heavy atom. The van der Waals surface area contributed by atoms with E-state index in [4.69, 9.17) is 23.2 Å². The predicted molar refractivity (Wildman–Crippen MR) is 109 cm³/mol. The summed E-state index contributed by atoms with van der Waals surface area (Å²) in [5.41, 5.74) is 0.900. The first-order valence-electron chi connectivity index (χ1n) is 9.32. The van der Waals surface area contributed by atoms with Gasteiger partial charge in [-0.05, 0) is 37.1 Å². The Morgan fingerprint density at radius 1 is 0.964 bits per heavy atom. The van der Waals surface area contributed by atoms with E-state index in [9.17, 15) is 9.59 Å². The summed E-state index contributed by atoms with van der Waals surface area (Å²) in [6.45, 7) is 2.22. The standard InChI is InChI=1S/C21H21Cl2N3O2/c22-17-8-4-9-18(23)16(17)13-26-19(27)21(24-20(26)28)10-5-11-25(14-21)12-15-6-2-1-3-7-15/h1-4,6-9H,5,10-14H2,(H,24,28)/t21-/m0/s1. The van der Waals surface area contributed by atoms with Crippen LogP contribution in [0.4, 0.5) is 4.79 Å². The number of urea groups is 1. The summed E-state index contributed by atoms with van der Waals surface area (Å²) in [5.74, 6) is -0.203. The van der Waals surface area contributed by atoms with Crippen molar-refractivity contribution in [1.29, 1.82) is 0 Å². The molecule has 1 N–H and O–H groups in total. The quantitative estimate of drug-likeness (QED) is 0.762. The topological polar surface area (TPSA) is 52.7 Å². The van der Waals surface area contributed by atoms with Gasteiger partial charge in [-0.2, -0.15) is 0 Å². The lowest BCUT2D eigenvalue weighted by atomic mass is 9.88. The first kappa shape index (κ1) is 19.2. The monoisotopic (exact) mass is 417 g/mol. The zero-order valence-electron chi connectivity index (χ0n) is 15.3. The van der Waals surface area contributed by atoms with Crippen LogP contribution in [0.3, 0.4) is 0 Å². The SMILES string of the molecule is O=C1N[C@]2(CCCN(Cc3ccccc3)C2)C(=O)N1Cc1c(Cl)cccc1Cl. The van der Waals surface area contributed by atoms with Gasteiger partial charge in [-0.1, -0.05) is 59.6 Å². The highest BCUT2D eigenvalue weighted by atomic mass is 35.5. The number of amides is 3. The molecule has 1 atom stereocenters. The number of hydrogen-bond acceptors (Lipinski definition) is 3. The van der Waals surface area contributed by atoms with Crippen molar-refractivity contribution in [2.24, 2.45) is 0 Å². The van der Waals surface area contributed by atoms with Gasteiger partial charge in [0.25, 0.3) is 5.91 Å². The third kappa shape index (κ3) is 3.62. The van der Waals surface area contributed by atoms with E-state index in [1.54, 1.807) is 18.2 Å². The lowest BCUT2D eigenvalue weighted by Crippen LogP contribution is -2.58. The summed E-state index contributed by atoms with van der Waals surface area (Å²) in [5, 5.41) is 3.85. The van der Waals surface area contributed by atoms with Crippen LogP contribution in [0.15, 0.2) is 48.5 Å². The van der Waals surface area contributed by atoms with Crippen LogP contribution in [0.5, 0.6) is 0 Å². The fraction of sp³-hybridized carbons (Fsp3) is 0.333. The van der Waals surface area contributed by atoms with Gasteiger partial charge in [-0.3, -0.25) is 14.6 Å². The first-order chi connectivity index (χ1) is 13.5. The Labute approximate surface area is 174 Å². The van der Waals surface area contributed by atoms with Crippen LogP contribution in [0.25, 0.3) is 0 Å². The summed E-state index contributed by atoms with van der Waals surface area (Å²) >= 11 is 12.5. The molecule has 7 heteroatoms. The maximum absolute atomic E-state index is 13.2. The normalized spacial score (nSPS) is 22.7. The van der Waals surface area contributed by atoms with Gasteiger partial charge in [0.2, 0.25) is 0 Å². The van der Waals surface area contributed by atoms with Gasteiger partial charge in [0.1, 0.15) is 5.54 Å². The van der Waals surface area contributed by atoms with Crippen molar-refractivity contribution in [2.45, 2.75) is 31.5 Å². The molecule has 28 heavy (non-hydrogen) atoms. The van der Waals surface area contributed by atoms with E-state index in [1.165, 1.54) is 10.5 Å². The highest BCUT2D eigenvalue weighted by molar-refractivity contribution is 6.36. The van der Waals surface area contributed by atoms with Gasteiger partial charge < -0.3 is 5.32 Å². The van der Waals surface area contributed by atoms with Gasteiger partial charge in [0, 0.05) is 28.7 Å². The lowest BCUT2D eigenvalue weighted by Gasteiger charge is -2.38. The number of piperidine rings is 1. The Morgan fingerprint density at radius 2 is 1.68 bits per heavy atom. The van der Waals surface area contributed by atoms with E-state index < -0.39 is 5.54 Å². The highest BCUT2D eigenvalue weighted by Crippen LogP contribution is 2.32. The fourth-order valence-electron chi connectivity index (χ4n) is 4.06. The minimum Gasteiger partial charge on any atom is -0.322 e. The molecule has 2 aliphatic heterocycles. The highest BCUT2D eigenvalue weighted by Gasteiger charge is 2.53. The number of nitrogens with zero attached hydrogens (tertiary/aromatic N) is 2. The van der Waals surface area contributed by atoms with Crippen molar-refractivity contribution in [3.8, 4) is 0 Å². The second-order valence-corrected chi connectivity index (χ2v) is 8.22. The molecular weight excluding hydrogens is 397 g/mol. The molecule has 0 aliphatic carbocycles. The zero-order valence-corrected chi connectivity index (χ0v) is 16.8. The number of imide groups is 1. The van der Waals surface area contributed by atoms with Crippen LogP contribution < -0.4 is 5.32 Å². The number of nitrogens with one attached hydrogen (secondary N) is 1. The largest absolute Gasteiger partial charge is 0.325 e. The summed E-state index contributed by atoms with van der Waals surface area (Å²) in [6, 6.07) is 14.9. The molecule has 0 unspecified atom stereocenters. The number of hydrogen-bond donors (Lipinski definition) is 1. The second kappa shape index (κ2) is 7.74. The van der Waals surface area contributed by atoms with Gasteiger partial charge >= 0.3 is 6.03 Å². The Kier molecular flexibility index (Phi) is 5.32. The molecule has 2 aliphatic rings. The Bertz CT molecular complexity index is 886. The molecule has 4 rings (SSSR count). The third-order valence-electron chi connectivity index (χ3n) is 5.44. The van der Waals surface area contributed by atoms with Crippen molar-refractivity contribution < 1.29 is 9.59 Å². The van der Waals surface area contributed by atoms with Crippen molar-refractivity contribution >= 4 is 35.1 Å². The maximum Gasteiger partial charge on any atom is 0.325 e. The van der Waals surface area contributed by atoms with E-state index >= 15 is 0 Å². The summed E-state index contributed by atoms with van der Waals surface area (Å²) < 4.78 is 0. The van der Waals surface area contributed by atoms with Crippen LogP contribution in [-0.4, -0.2) is 40.4 Å². The average Bonchev–Trinajstić information content (AvgIpc) is 2.89. The van der Waals surface area contributed by atoms with E-state index in [2.05, 4.69) is 22.3 Å². The van der Waals surface area contributed by atoms with E-state index in [1.807, 2.05) is 18.2 Å². The zero-order chi connectivity index (χ0) is 19.7. The van der Waals surface area contributed by atoms with Crippen LogP contribution in [-0.2, 0) is 17.9 Å². The molecule has 2 aromatic carbocycles. The first-order valence-corrected chi connectivity index (χ1v) is 10.1. The smallest absolute Gasteiger partial charge is 0.322 e. The molecule has 0 radical (unpaired) electrons. The number of carbonyl (C=O) groups is 2. The van der Waals surface area contributed by atoms with E-state index in [0.717, 1.165) is 19.5 Å². The molecule has 5 nitrogen and oxygen atoms in total. The minimum absolute atomic E-state index is 0.0730. The summed E-state index contributed by atoms with van der Waals surface area (Å²) in [6.07, 6.45) is 1.48. The lowest BCUT2D eigenvalue weighted by molar-refractivity contribution is -0.133. The summed E-state index contributed by atoms with van der Waals surface area (Å²) in [4.78, 5) is 29.3. The van der Waals surface area contributed by atoms with Gasteiger partial charge in [-0.25, -0.2) is 4.79 Å². The van der Waals surface area contributed by atoms with E-state index in [-0.39, 0.29) is 18.5 Å². The Hall–Kier alpha value is -2.08. The number of benzene rings is 2. The summed E-state index contributed by atoms with van der Waals surface area (Å²) in [7, 11) is 0. The van der Waals surface area contributed by atoms with Crippen LogP contribution in [0.1, 0.15) is 24.0 Å². The Balaban J connectivity index is 1.52. The number of halogens is 2. The minimum atomic E-state index is -0.877. The molecule has 2 aromatic rings. The fourth-order valence-corrected chi connectivity index (χ4v) is 4.58. The van der Waals surface area contributed by atoms with Crippen molar-refractivity contribution in [3.05, 3.63) is 69.7 Å². The molecule has 2 fully saturated rings. The van der Waals surface area contributed by atoms with Gasteiger partial charge in [0.05, 0.1) is 6.54 Å². The predicted octanol–water partition coefficient (Wildman–Crippen LogP) is 4.08. The van der Waals surface area contributed by atoms with Crippen LogP contribution in [0.2, 0.25) is 10.0 Å². The number of likely N-dealkylation sites (tertiary alicyclic amines) is 1. The molecule has 3 amide bonds. The average molecular weight is 418 g/mol. The maximum atomic E-state index is 13.2. The number of rotatable bonds is 4. The molecule has 0 bridgehead atoms. The van der Waals surface area contributed by atoms with Crippen molar-refractivity contribution in [2.75, 3.05) is 13.1 Å². The second-order valence-electron chi connectivity index (χ2n) is 7.40. The van der Waals surface area contributed by atoms with Crippen LogP contribution in [0, 0.1) is 0 Å². The molecule has 0 saturated carbocycles. The third-order valence-corrected chi connectivity index (χ3v) is 6.15. The molecule has 1 spiro atoms.